The van der Waals surface area contributed by atoms with Gasteiger partial charge in [-0.3, -0.25) is 14.4 Å². The van der Waals surface area contributed by atoms with E-state index in [-0.39, 0.29) is 35.1 Å². The van der Waals surface area contributed by atoms with Crippen LogP contribution in [0.4, 0.5) is 0 Å². The third-order valence-corrected chi connectivity index (χ3v) is 10.5. The van der Waals surface area contributed by atoms with E-state index >= 15 is 0 Å². The zero-order valence-corrected chi connectivity index (χ0v) is 22.9. The Bertz CT molecular complexity index is 842. The zero-order chi connectivity index (χ0) is 25.4. The zero-order valence-electron chi connectivity index (χ0n) is 20.5. The fraction of sp³-hybridized carbons (Fsp3) is 0.720. The lowest BCUT2D eigenvalue weighted by Gasteiger charge is -2.43. The highest BCUT2D eigenvalue weighted by atomic mass is 79.9. The minimum Gasteiger partial charge on any atom is -0.465 e. The van der Waals surface area contributed by atoms with E-state index in [0.29, 0.717) is 25.8 Å². The number of hydrogen-bond acceptors (Lipinski definition) is 6. The number of likely N-dealkylation sites (tertiary alicyclic amines) is 1. The van der Waals surface area contributed by atoms with Gasteiger partial charge >= 0.3 is 5.97 Å². The minimum atomic E-state index is -0.776. The van der Waals surface area contributed by atoms with Gasteiger partial charge in [0.25, 0.3) is 0 Å². The molecule has 2 bridgehead atoms. The Morgan fingerprint density at radius 1 is 1.38 bits per heavy atom. The maximum absolute atomic E-state index is 14.2. The van der Waals surface area contributed by atoms with E-state index in [0.717, 1.165) is 0 Å². The molecule has 3 rings (SSSR count). The number of fused-ring (bicyclic) bond motifs is 1. The number of ether oxygens (including phenoxy) is 1. The second-order valence-electron chi connectivity index (χ2n) is 10.3. The monoisotopic (exact) mass is 556 g/mol. The maximum atomic E-state index is 14.2. The van der Waals surface area contributed by atoms with Crippen LogP contribution in [-0.2, 0) is 19.1 Å². The summed E-state index contributed by atoms with van der Waals surface area (Å²) in [5, 5.41) is 10.0. The summed E-state index contributed by atoms with van der Waals surface area (Å²) in [6.07, 6.45) is 5.01. The Kier molecular flexibility index (Phi) is 8.30. The van der Waals surface area contributed by atoms with Crippen molar-refractivity contribution in [2.45, 2.75) is 79.4 Å². The molecule has 0 saturated carbocycles. The van der Waals surface area contributed by atoms with Crippen LogP contribution in [0.5, 0.6) is 0 Å². The van der Waals surface area contributed by atoms with Gasteiger partial charge in [-0.2, -0.15) is 0 Å². The van der Waals surface area contributed by atoms with E-state index in [2.05, 4.69) is 29.1 Å². The molecule has 0 aliphatic carbocycles. The molecule has 0 aromatic rings. The summed E-state index contributed by atoms with van der Waals surface area (Å²) in [7, 11) is 0. The SMILES string of the molecule is C=CCCOC(=O)[C@H]1[C@@H]2SC3(CC2Br)C(C(=O)N(CC=C)C(C)(C)C)N([C@@H](CC)CO)C(=O)[C@H]13. The number of amides is 2. The first kappa shape index (κ1) is 27.3. The molecule has 3 saturated heterocycles. The van der Waals surface area contributed by atoms with Gasteiger partial charge in [0, 0.05) is 22.2 Å². The van der Waals surface area contributed by atoms with Crippen LogP contribution in [0, 0.1) is 11.8 Å². The predicted octanol–water partition coefficient (Wildman–Crippen LogP) is 3.15. The first-order valence-corrected chi connectivity index (χ1v) is 13.7. The van der Waals surface area contributed by atoms with E-state index in [4.69, 9.17) is 4.74 Å². The largest absolute Gasteiger partial charge is 0.465 e. The molecular formula is C25H37BrN2O5S. The number of carbonyl (C=O) groups is 3. The van der Waals surface area contributed by atoms with Crippen molar-refractivity contribution >= 4 is 45.5 Å². The van der Waals surface area contributed by atoms with Crippen molar-refractivity contribution in [3.05, 3.63) is 25.3 Å². The first-order chi connectivity index (χ1) is 16.0. The molecule has 0 aromatic carbocycles. The Hall–Kier alpha value is -1.32. The number of carbonyl (C=O) groups excluding carboxylic acids is 3. The van der Waals surface area contributed by atoms with Gasteiger partial charge in [0.1, 0.15) is 6.04 Å². The quantitative estimate of drug-likeness (QED) is 0.192. The van der Waals surface area contributed by atoms with Crippen LogP contribution in [0.2, 0.25) is 0 Å². The standard InChI is InChI=1S/C25H37BrN2O5S/c1-7-10-12-33-23(32)17-18-21(30)28(15(9-3)14-29)20(25(18)13-16(26)19(17)34-25)22(31)27(11-8-2)24(4,5)6/h7-8,15-20,29H,1-2,9-14H2,3-6H3/t15-,16?,17+,18-,19+,20?,25?/m0/s1. The van der Waals surface area contributed by atoms with Gasteiger partial charge < -0.3 is 19.6 Å². The first-order valence-electron chi connectivity index (χ1n) is 11.9. The third kappa shape index (κ3) is 4.37. The summed E-state index contributed by atoms with van der Waals surface area (Å²) in [5.41, 5.74) is -0.492. The topological polar surface area (TPSA) is 87.2 Å². The lowest BCUT2D eigenvalue weighted by molar-refractivity contribution is -0.154. The number of alkyl halides is 1. The van der Waals surface area contributed by atoms with Gasteiger partial charge in [0.2, 0.25) is 11.8 Å². The van der Waals surface area contributed by atoms with E-state index in [9.17, 15) is 19.5 Å². The van der Waals surface area contributed by atoms with Crippen molar-refractivity contribution in [1.29, 1.82) is 0 Å². The number of rotatable bonds is 10. The molecule has 7 atom stereocenters. The van der Waals surface area contributed by atoms with Gasteiger partial charge in [-0.15, -0.1) is 24.9 Å². The highest BCUT2D eigenvalue weighted by Gasteiger charge is 2.76. The molecule has 3 heterocycles. The van der Waals surface area contributed by atoms with Crippen molar-refractivity contribution in [2.75, 3.05) is 19.8 Å². The van der Waals surface area contributed by atoms with Gasteiger partial charge in [0.05, 0.1) is 35.8 Å². The van der Waals surface area contributed by atoms with E-state index in [1.54, 1.807) is 33.7 Å². The molecule has 9 heteroatoms. The summed E-state index contributed by atoms with van der Waals surface area (Å²) in [5.74, 6) is -2.09. The summed E-state index contributed by atoms with van der Waals surface area (Å²) in [4.78, 5) is 44.8. The molecule has 3 fully saturated rings. The van der Waals surface area contributed by atoms with Crippen LogP contribution in [0.15, 0.2) is 25.3 Å². The lowest BCUT2D eigenvalue weighted by Crippen LogP contribution is -2.60. The van der Waals surface area contributed by atoms with Crippen molar-refractivity contribution in [3.63, 3.8) is 0 Å². The molecule has 3 aliphatic rings. The summed E-state index contributed by atoms with van der Waals surface area (Å²) in [6, 6.07) is -1.28. The predicted molar refractivity (Wildman–Crippen MR) is 138 cm³/mol. The number of aliphatic hydroxyl groups excluding tert-OH is 1. The molecule has 2 amide bonds. The minimum absolute atomic E-state index is 0.0227. The fourth-order valence-electron chi connectivity index (χ4n) is 5.73. The normalized spacial score (nSPS) is 32.9. The Morgan fingerprint density at radius 3 is 2.59 bits per heavy atom. The Labute approximate surface area is 215 Å². The van der Waals surface area contributed by atoms with Crippen LogP contribution in [0.1, 0.15) is 47.0 Å². The average Bonchev–Trinajstić information content (AvgIpc) is 3.36. The molecule has 190 valence electrons. The fourth-order valence-corrected chi connectivity index (χ4v) is 9.31. The van der Waals surface area contributed by atoms with Crippen LogP contribution in [0.25, 0.3) is 0 Å². The smallest absolute Gasteiger partial charge is 0.310 e. The van der Waals surface area contributed by atoms with Crippen molar-refractivity contribution < 1.29 is 24.2 Å². The maximum Gasteiger partial charge on any atom is 0.310 e. The molecule has 3 unspecified atom stereocenters. The molecule has 1 N–H and O–H groups in total. The second-order valence-corrected chi connectivity index (χ2v) is 13.0. The van der Waals surface area contributed by atoms with Crippen molar-refractivity contribution in [2.24, 2.45) is 11.8 Å². The molecule has 0 radical (unpaired) electrons. The average molecular weight is 558 g/mol. The van der Waals surface area contributed by atoms with Gasteiger partial charge in [-0.25, -0.2) is 0 Å². The van der Waals surface area contributed by atoms with Crippen molar-refractivity contribution in [3.8, 4) is 0 Å². The van der Waals surface area contributed by atoms with Crippen LogP contribution >= 0.6 is 27.7 Å². The number of aliphatic hydroxyl groups is 1. The number of esters is 1. The van der Waals surface area contributed by atoms with Crippen LogP contribution in [0.3, 0.4) is 0 Å². The molecule has 0 aromatic heterocycles. The van der Waals surface area contributed by atoms with Gasteiger partial charge in [0.15, 0.2) is 0 Å². The van der Waals surface area contributed by atoms with Crippen molar-refractivity contribution in [1.82, 2.24) is 9.80 Å². The molecule has 34 heavy (non-hydrogen) atoms. The van der Waals surface area contributed by atoms with E-state index in [1.165, 1.54) is 0 Å². The number of nitrogens with zero attached hydrogens (tertiary/aromatic N) is 2. The second kappa shape index (κ2) is 10.3. The van der Waals surface area contributed by atoms with Crippen LogP contribution in [-0.4, -0.2) is 84.9 Å². The highest BCUT2D eigenvalue weighted by molar-refractivity contribution is 9.09. The molecular weight excluding hydrogens is 520 g/mol. The lowest BCUT2D eigenvalue weighted by atomic mass is 9.71. The summed E-state index contributed by atoms with van der Waals surface area (Å²) in [6.45, 7) is 15.6. The molecule has 7 nitrogen and oxygen atoms in total. The molecule has 1 spiro atoms. The third-order valence-electron chi connectivity index (χ3n) is 7.26. The van der Waals surface area contributed by atoms with Crippen LogP contribution < -0.4 is 0 Å². The Balaban J connectivity index is 2.10. The number of thioether (sulfide) groups is 1. The highest BCUT2D eigenvalue weighted by Crippen LogP contribution is 2.68. The van der Waals surface area contributed by atoms with E-state index < -0.39 is 40.2 Å². The molecule has 3 aliphatic heterocycles. The summed E-state index contributed by atoms with van der Waals surface area (Å²) < 4.78 is 4.77. The van der Waals surface area contributed by atoms with E-state index in [1.807, 2.05) is 27.7 Å². The number of halogens is 1. The van der Waals surface area contributed by atoms with Gasteiger partial charge in [-0.05, 0) is 40.0 Å². The Morgan fingerprint density at radius 2 is 2.06 bits per heavy atom. The van der Waals surface area contributed by atoms with Gasteiger partial charge in [-0.1, -0.05) is 35.0 Å². The summed E-state index contributed by atoms with van der Waals surface area (Å²) >= 11 is 5.32. The number of hydrogen-bond donors (Lipinski definition) is 1.